The van der Waals surface area contributed by atoms with E-state index in [0.29, 0.717) is 23.0 Å². The molecule has 4 rings (SSSR count). The van der Waals surface area contributed by atoms with Gasteiger partial charge in [-0.1, -0.05) is 49.6 Å². The molecular weight excluding hydrogens is 425 g/mol. The van der Waals surface area contributed by atoms with Crippen LogP contribution < -0.4 is 5.56 Å². The third kappa shape index (κ3) is 5.63. The Bertz CT molecular complexity index is 1190. The van der Waals surface area contributed by atoms with E-state index in [2.05, 4.69) is 10.2 Å². The van der Waals surface area contributed by atoms with E-state index < -0.39 is 5.97 Å². The summed E-state index contributed by atoms with van der Waals surface area (Å²) in [5.41, 5.74) is 0.880. The number of amides is 1. The minimum atomic E-state index is -0.599. The summed E-state index contributed by atoms with van der Waals surface area (Å²) in [5.74, 6) is -1.20. The van der Waals surface area contributed by atoms with Crippen LogP contribution in [0.5, 0.6) is 0 Å². The number of nitrogens with one attached hydrogen (secondary N) is 1. The van der Waals surface area contributed by atoms with E-state index in [0.717, 1.165) is 37.7 Å². The summed E-state index contributed by atoms with van der Waals surface area (Å²) in [6.45, 7) is -0.0364. The van der Waals surface area contributed by atoms with Crippen LogP contribution in [-0.2, 0) is 27.3 Å². The van der Waals surface area contributed by atoms with Gasteiger partial charge in [0.1, 0.15) is 5.82 Å². The van der Waals surface area contributed by atoms with Crippen molar-refractivity contribution in [3.05, 3.63) is 76.0 Å². The Hall–Kier alpha value is -3.55. The first kappa shape index (κ1) is 22.6. The molecule has 0 atom stereocenters. The number of nitrogens with zero attached hydrogens (tertiary/aromatic N) is 2. The van der Waals surface area contributed by atoms with Crippen LogP contribution in [0.1, 0.15) is 43.4 Å². The van der Waals surface area contributed by atoms with Gasteiger partial charge in [-0.05, 0) is 36.6 Å². The van der Waals surface area contributed by atoms with Gasteiger partial charge in [0.25, 0.3) is 11.5 Å². The Morgan fingerprint density at radius 2 is 1.73 bits per heavy atom. The molecule has 1 aliphatic carbocycles. The molecule has 1 heterocycles. The van der Waals surface area contributed by atoms with Gasteiger partial charge in [0, 0.05) is 18.0 Å². The van der Waals surface area contributed by atoms with Crippen LogP contribution in [-0.4, -0.2) is 39.6 Å². The number of benzene rings is 2. The lowest BCUT2D eigenvalue weighted by molar-refractivity contribution is -0.153. The van der Waals surface area contributed by atoms with Crippen molar-refractivity contribution in [3.63, 3.8) is 0 Å². The number of carbonyl (C=O) groups is 2. The number of hydrogen-bond donors (Lipinski definition) is 1. The maximum Gasteiger partial charge on any atom is 0.312 e. The SMILES string of the molecule is O=C(Cc1n[nH]c(=O)c2ccccc12)OCC(=O)N(Cc1ccc(F)cc1)C1CCCCC1. The summed E-state index contributed by atoms with van der Waals surface area (Å²) < 4.78 is 18.6. The molecule has 0 aliphatic heterocycles. The summed E-state index contributed by atoms with van der Waals surface area (Å²) >= 11 is 0. The van der Waals surface area contributed by atoms with Gasteiger partial charge in [-0.3, -0.25) is 14.4 Å². The maximum absolute atomic E-state index is 13.3. The van der Waals surface area contributed by atoms with Crippen molar-refractivity contribution in [3.8, 4) is 0 Å². The minimum Gasteiger partial charge on any atom is -0.455 e. The number of hydrogen-bond acceptors (Lipinski definition) is 5. The second-order valence-electron chi connectivity index (χ2n) is 8.32. The maximum atomic E-state index is 13.3. The van der Waals surface area contributed by atoms with Crippen molar-refractivity contribution in [1.82, 2.24) is 15.1 Å². The molecule has 1 aromatic heterocycles. The minimum absolute atomic E-state index is 0.0693. The van der Waals surface area contributed by atoms with Crippen LogP contribution in [0.3, 0.4) is 0 Å². The van der Waals surface area contributed by atoms with Crippen molar-refractivity contribution in [2.24, 2.45) is 0 Å². The Kier molecular flexibility index (Phi) is 7.12. The average molecular weight is 451 g/mol. The third-order valence-corrected chi connectivity index (χ3v) is 6.05. The second kappa shape index (κ2) is 10.4. The van der Waals surface area contributed by atoms with Gasteiger partial charge in [0.05, 0.1) is 17.5 Å². The Labute approximate surface area is 190 Å². The molecule has 3 aromatic rings. The van der Waals surface area contributed by atoms with Gasteiger partial charge in [-0.15, -0.1) is 0 Å². The molecular formula is C25H26FN3O4. The standard InChI is InChI=1S/C25H26FN3O4/c26-18-12-10-17(11-13-18)15-29(19-6-2-1-3-7-19)23(30)16-33-24(31)14-22-20-8-4-5-9-21(20)25(32)28-27-22/h4-5,8-13,19H,1-3,6-7,14-16H2,(H,28,32). The Morgan fingerprint density at radius 3 is 2.45 bits per heavy atom. The highest BCUT2D eigenvalue weighted by molar-refractivity contribution is 5.87. The molecule has 8 heteroatoms. The van der Waals surface area contributed by atoms with E-state index in [1.54, 1.807) is 41.3 Å². The quantitative estimate of drug-likeness (QED) is 0.555. The van der Waals surface area contributed by atoms with Gasteiger partial charge in [-0.25, -0.2) is 9.49 Å². The molecule has 172 valence electrons. The zero-order valence-electron chi connectivity index (χ0n) is 18.3. The molecule has 1 aliphatic rings. The van der Waals surface area contributed by atoms with E-state index in [-0.39, 0.29) is 36.4 Å². The molecule has 1 amide bonds. The summed E-state index contributed by atoms with van der Waals surface area (Å²) in [5, 5.41) is 7.38. The predicted molar refractivity (Wildman–Crippen MR) is 121 cm³/mol. The number of ether oxygens (including phenoxy) is 1. The van der Waals surface area contributed by atoms with Crippen molar-refractivity contribution in [1.29, 1.82) is 0 Å². The molecule has 0 saturated heterocycles. The first-order valence-electron chi connectivity index (χ1n) is 11.2. The van der Waals surface area contributed by atoms with Crippen LogP contribution in [0.4, 0.5) is 4.39 Å². The summed E-state index contributed by atoms with van der Waals surface area (Å²) in [6, 6.07) is 13.0. The van der Waals surface area contributed by atoms with Gasteiger partial charge >= 0.3 is 5.97 Å². The van der Waals surface area contributed by atoms with Gasteiger partial charge in [0.2, 0.25) is 0 Å². The summed E-state index contributed by atoms with van der Waals surface area (Å²) in [4.78, 5) is 39.2. The van der Waals surface area contributed by atoms with Crippen molar-refractivity contribution < 1.29 is 18.7 Å². The lowest BCUT2D eigenvalue weighted by Gasteiger charge is -2.34. The molecule has 0 radical (unpaired) electrons. The van der Waals surface area contributed by atoms with Gasteiger partial charge < -0.3 is 9.64 Å². The lowest BCUT2D eigenvalue weighted by Crippen LogP contribution is -2.43. The molecule has 1 saturated carbocycles. The Morgan fingerprint density at radius 1 is 1.03 bits per heavy atom. The molecule has 7 nitrogen and oxygen atoms in total. The van der Waals surface area contributed by atoms with E-state index in [9.17, 15) is 18.8 Å². The summed E-state index contributed by atoms with van der Waals surface area (Å²) in [7, 11) is 0. The van der Waals surface area contributed by atoms with Gasteiger partial charge in [0.15, 0.2) is 6.61 Å². The highest BCUT2D eigenvalue weighted by Gasteiger charge is 2.26. The van der Waals surface area contributed by atoms with Gasteiger partial charge in [-0.2, -0.15) is 5.10 Å². The molecule has 1 fully saturated rings. The molecule has 0 spiro atoms. The van der Waals surface area contributed by atoms with E-state index in [4.69, 9.17) is 4.74 Å². The number of carbonyl (C=O) groups excluding carboxylic acids is 2. The smallest absolute Gasteiger partial charge is 0.312 e. The van der Waals surface area contributed by atoms with Crippen LogP contribution >= 0.6 is 0 Å². The predicted octanol–water partition coefficient (Wildman–Crippen LogP) is 3.51. The molecule has 0 bridgehead atoms. The number of aromatic nitrogens is 2. The third-order valence-electron chi connectivity index (χ3n) is 6.05. The fourth-order valence-electron chi connectivity index (χ4n) is 4.32. The topological polar surface area (TPSA) is 92.4 Å². The number of halogens is 1. The fraction of sp³-hybridized carbons (Fsp3) is 0.360. The van der Waals surface area contributed by atoms with Crippen molar-refractivity contribution >= 4 is 22.6 Å². The molecule has 1 N–H and O–H groups in total. The number of fused-ring (bicyclic) bond motifs is 1. The fourth-order valence-corrected chi connectivity index (χ4v) is 4.32. The highest BCUT2D eigenvalue weighted by Crippen LogP contribution is 2.24. The van der Waals surface area contributed by atoms with E-state index in [1.807, 2.05) is 0 Å². The first-order valence-corrected chi connectivity index (χ1v) is 11.2. The Balaban J connectivity index is 1.42. The van der Waals surface area contributed by atoms with Crippen LogP contribution in [0, 0.1) is 5.82 Å². The monoisotopic (exact) mass is 451 g/mol. The number of aromatic amines is 1. The normalized spacial score (nSPS) is 14.2. The van der Waals surface area contributed by atoms with Crippen LogP contribution in [0.2, 0.25) is 0 Å². The second-order valence-corrected chi connectivity index (χ2v) is 8.32. The lowest BCUT2D eigenvalue weighted by atomic mass is 9.93. The zero-order chi connectivity index (χ0) is 23.2. The largest absolute Gasteiger partial charge is 0.455 e. The van der Waals surface area contributed by atoms with Crippen molar-refractivity contribution in [2.45, 2.75) is 51.1 Å². The number of H-pyrrole nitrogens is 1. The first-order chi connectivity index (χ1) is 16.0. The average Bonchev–Trinajstić information content (AvgIpc) is 2.84. The molecule has 2 aromatic carbocycles. The molecule has 0 unspecified atom stereocenters. The van der Waals surface area contributed by atoms with E-state index >= 15 is 0 Å². The molecule has 33 heavy (non-hydrogen) atoms. The number of rotatable bonds is 7. The van der Waals surface area contributed by atoms with Crippen molar-refractivity contribution in [2.75, 3.05) is 6.61 Å². The zero-order valence-corrected chi connectivity index (χ0v) is 18.3. The number of esters is 1. The van der Waals surface area contributed by atoms with Crippen LogP contribution in [0.25, 0.3) is 10.8 Å². The summed E-state index contributed by atoms with van der Waals surface area (Å²) in [6.07, 6.45) is 4.86. The highest BCUT2D eigenvalue weighted by atomic mass is 19.1. The van der Waals surface area contributed by atoms with Crippen LogP contribution in [0.15, 0.2) is 53.3 Å². The van der Waals surface area contributed by atoms with E-state index in [1.165, 1.54) is 12.1 Å².